The Morgan fingerprint density at radius 3 is 2.40 bits per heavy atom. The zero-order chi connectivity index (χ0) is 14.4. The third kappa shape index (κ3) is 3.38. The summed E-state index contributed by atoms with van der Waals surface area (Å²) >= 11 is 0. The van der Waals surface area contributed by atoms with Gasteiger partial charge in [-0.1, -0.05) is 43.3 Å². The van der Waals surface area contributed by atoms with Gasteiger partial charge in [0.05, 0.1) is 12.6 Å². The maximum atomic E-state index is 5.74. The van der Waals surface area contributed by atoms with E-state index in [0.717, 1.165) is 17.7 Å². The SMILES string of the molecule is CCOc1ccc(C(NN)c2cccc(CC)c2)cc1. The molecular weight excluding hydrogens is 248 g/mol. The highest BCUT2D eigenvalue weighted by molar-refractivity contribution is 5.37. The van der Waals surface area contributed by atoms with Crippen LogP contribution < -0.4 is 16.0 Å². The fourth-order valence-corrected chi connectivity index (χ4v) is 2.30. The number of hydrogen-bond donors (Lipinski definition) is 2. The lowest BCUT2D eigenvalue weighted by atomic mass is 9.97. The summed E-state index contributed by atoms with van der Waals surface area (Å²) in [5, 5.41) is 0. The molecule has 0 spiro atoms. The Balaban J connectivity index is 2.26. The van der Waals surface area contributed by atoms with Crippen molar-refractivity contribution >= 4 is 0 Å². The van der Waals surface area contributed by atoms with Crippen LogP contribution in [-0.4, -0.2) is 6.61 Å². The first-order valence-electron chi connectivity index (χ1n) is 7.06. The van der Waals surface area contributed by atoms with Crippen LogP contribution >= 0.6 is 0 Å². The van der Waals surface area contributed by atoms with Gasteiger partial charge >= 0.3 is 0 Å². The number of nitrogens with one attached hydrogen (secondary N) is 1. The Hall–Kier alpha value is -1.84. The first-order valence-corrected chi connectivity index (χ1v) is 7.06. The highest BCUT2D eigenvalue weighted by Crippen LogP contribution is 2.24. The fourth-order valence-electron chi connectivity index (χ4n) is 2.30. The van der Waals surface area contributed by atoms with Gasteiger partial charge in [0, 0.05) is 0 Å². The van der Waals surface area contributed by atoms with Gasteiger partial charge in [-0.05, 0) is 42.2 Å². The van der Waals surface area contributed by atoms with Gasteiger partial charge in [-0.25, -0.2) is 5.43 Å². The van der Waals surface area contributed by atoms with Crippen molar-refractivity contribution in [3.8, 4) is 5.75 Å². The molecule has 3 heteroatoms. The molecule has 2 aromatic carbocycles. The van der Waals surface area contributed by atoms with Crippen LogP contribution in [0.1, 0.15) is 36.6 Å². The predicted molar refractivity (Wildman–Crippen MR) is 82.6 cm³/mol. The van der Waals surface area contributed by atoms with E-state index in [9.17, 15) is 0 Å². The molecule has 2 aromatic rings. The third-order valence-electron chi connectivity index (χ3n) is 3.38. The van der Waals surface area contributed by atoms with E-state index < -0.39 is 0 Å². The molecule has 0 aliphatic carbocycles. The van der Waals surface area contributed by atoms with E-state index in [1.807, 2.05) is 31.2 Å². The van der Waals surface area contributed by atoms with E-state index in [4.69, 9.17) is 10.6 Å². The van der Waals surface area contributed by atoms with Crippen molar-refractivity contribution in [1.29, 1.82) is 0 Å². The number of rotatable bonds is 6. The maximum Gasteiger partial charge on any atom is 0.119 e. The summed E-state index contributed by atoms with van der Waals surface area (Å²) in [4.78, 5) is 0. The normalized spacial score (nSPS) is 12.2. The third-order valence-corrected chi connectivity index (χ3v) is 3.38. The molecule has 1 atom stereocenters. The van der Waals surface area contributed by atoms with Crippen LogP contribution in [0.2, 0.25) is 0 Å². The first-order chi connectivity index (χ1) is 9.78. The van der Waals surface area contributed by atoms with Gasteiger partial charge in [-0.2, -0.15) is 0 Å². The van der Waals surface area contributed by atoms with Gasteiger partial charge in [0.25, 0.3) is 0 Å². The first kappa shape index (κ1) is 14.6. The predicted octanol–water partition coefficient (Wildman–Crippen LogP) is 3.20. The van der Waals surface area contributed by atoms with Crippen molar-refractivity contribution in [2.75, 3.05) is 6.61 Å². The molecule has 0 aliphatic rings. The number of ether oxygens (including phenoxy) is 1. The number of aryl methyl sites for hydroxylation is 1. The number of nitrogens with two attached hydrogens (primary N) is 1. The Morgan fingerprint density at radius 1 is 1.05 bits per heavy atom. The lowest BCUT2D eigenvalue weighted by Gasteiger charge is -2.18. The minimum atomic E-state index is -0.00261. The largest absolute Gasteiger partial charge is 0.494 e. The number of hydrogen-bond acceptors (Lipinski definition) is 3. The molecule has 0 aromatic heterocycles. The average molecular weight is 270 g/mol. The summed E-state index contributed by atoms with van der Waals surface area (Å²) in [6, 6.07) is 16.6. The molecule has 0 saturated carbocycles. The van der Waals surface area contributed by atoms with Crippen molar-refractivity contribution in [1.82, 2.24) is 5.43 Å². The van der Waals surface area contributed by atoms with Crippen LogP contribution in [0.5, 0.6) is 5.75 Å². The Bertz CT molecular complexity index is 537. The quantitative estimate of drug-likeness (QED) is 0.626. The van der Waals surface area contributed by atoms with Crippen LogP contribution in [0.4, 0.5) is 0 Å². The van der Waals surface area contributed by atoms with Crippen molar-refractivity contribution in [2.24, 2.45) is 5.84 Å². The Morgan fingerprint density at radius 2 is 1.80 bits per heavy atom. The molecule has 0 aliphatic heterocycles. The molecule has 1 unspecified atom stereocenters. The minimum absolute atomic E-state index is 0.00261. The van der Waals surface area contributed by atoms with Crippen LogP contribution in [0.25, 0.3) is 0 Å². The summed E-state index contributed by atoms with van der Waals surface area (Å²) < 4.78 is 5.46. The van der Waals surface area contributed by atoms with Gasteiger partial charge in [0.2, 0.25) is 0 Å². The van der Waals surface area contributed by atoms with Crippen LogP contribution in [-0.2, 0) is 6.42 Å². The monoisotopic (exact) mass is 270 g/mol. The fraction of sp³-hybridized carbons (Fsp3) is 0.294. The summed E-state index contributed by atoms with van der Waals surface area (Å²) in [5.41, 5.74) is 6.52. The molecular formula is C17H22N2O. The molecule has 0 saturated heterocycles. The van der Waals surface area contributed by atoms with Crippen molar-refractivity contribution < 1.29 is 4.74 Å². The van der Waals surface area contributed by atoms with Gasteiger partial charge in [-0.15, -0.1) is 0 Å². The van der Waals surface area contributed by atoms with E-state index >= 15 is 0 Å². The zero-order valence-electron chi connectivity index (χ0n) is 12.1. The molecule has 3 nitrogen and oxygen atoms in total. The van der Waals surface area contributed by atoms with Gasteiger partial charge in [-0.3, -0.25) is 5.84 Å². The van der Waals surface area contributed by atoms with E-state index in [0.29, 0.717) is 6.61 Å². The lowest BCUT2D eigenvalue weighted by Crippen LogP contribution is -2.28. The van der Waals surface area contributed by atoms with Gasteiger partial charge in [0.1, 0.15) is 5.75 Å². The van der Waals surface area contributed by atoms with E-state index in [-0.39, 0.29) is 6.04 Å². The zero-order valence-corrected chi connectivity index (χ0v) is 12.1. The molecule has 20 heavy (non-hydrogen) atoms. The van der Waals surface area contributed by atoms with E-state index in [2.05, 4.69) is 36.6 Å². The molecule has 106 valence electrons. The smallest absolute Gasteiger partial charge is 0.119 e. The highest BCUT2D eigenvalue weighted by Gasteiger charge is 2.12. The van der Waals surface area contributed by atoms with Crippen LogP contribution in [0, 0.1) is 0 Å². The summed E-state index contributed by atoms with van der Waals surface area (Å²) in [6.07, 6.45) is 1.02. The van der Waals surface area contributed by atoms with Crippen LogP contribution in [0.15, 0.2) is 48.5 Å². The molecule has 0 fully saturated rings. The maximum absolute atomic E-state index is 5.74. The number of benzene rings is 2. The summed E-state index contributed by atoms with van der Waals surface area (Å²) in [5.74, 6) is 6.63. The van der Waals surface area contributed by atoms with Crippen molar-refractivity contribution in [2.45, 2.75) is 26.3 Å². The molecule has 0 radical (unpaired) electrons. The summed E-state index contributed by atoms with van der Waals surface area (Å²) in [6.45, 7) is 4.81. The van der Waals surface area contributed by atoms with Crippen molar-refractivity contribution in [3.05, 3.63) is 65.2 Å². The van der Waals surface area contributed by atoms with Crippen molar-refractivity contribution in [3.63, 3.8) is 0 Å². The second-order valence-electron chi connectivity index (χ2n) is 4.70. The average Bonchev–Trinajstić information content (AvgIpc) is 2.50. The van der Waals surface area contributed by atoms with E-state index in [1.54, 1.807) is 0 Å². The molecule has 3 N–H and O–H groups in total. The Kier molecular flexibility index (Phi) is 5.16. The van der Waals surface area contributed by atoms with E-state index in [1.165, 1.54) is 11.1 Å². The minimum Gasteiger partial charge on any atom is -0.494 e. The number of hydrazine groups is 1. The van der Waals surface area contributed by atoms with Gasteiger partial charge in [0.15, 0.2) is 0 Å². The molecule has 2 rings (SSSR count). The second kappa shape index (κ2) is 7.08. The molecule has 0 bridgehead atoms. The molecule has 0 amide bonds. The van der Waals surface area contributed by atoms with Crippen LogP contribution in [0.3, 0.4) is 0 Å². The summed E-state index contributed by atoms with van der Waals surface area (Å²) in [7, 11) is 0. The Labute approximate surface area is 120 Å². The topological polar surface area (TPSA) is 47.3 Å². The highest BCUT2D eigenvalue weighted by atomic mass is 16.5. The standard InChI is InChI=1S/C17H22N2O/c1-3-13-6-5-7-15(12-13)17(19-18)14-8-10-16(11-9-14)20-4-2/h5-12,17,19H,3-4,18H2,1-2H3. The molecule has 0 heterocycles. The lowest BCUT2D eigenvalue weighted by molar-refractivity contribution is 0.340. The van der Waals surface area contributed by atoms with Gasteiger partial charge < -0.3 is 4.74 Å². The second-order valence-corrected chi connectivity index (χ2v) is 4.70.